The lowest BCUT2D eigenvalue weighted by Gasteiger charge is -2.05. The van der Waals surface area contributed by atoms with E-state index in [0.717, 1.165) is 0 Å². The van der Waals surface area contributed by atoms with Crippen molar-refractivity contribution in [1.82, 2.24) is 0 Å². The quantitative estimate of drug-likeness (QED) is 0.452. The summed E-state index contributed by atoms with van der Waals surface area (Å²) in [6.07, 6.45) is 0. The van der Waals surface area contributed by atoms with Crippen LogP contribution in [0.1, 0.15) is 0 Å². The Morgan fingerprint density at radius 3 is 1.54 bits per heavy atom. The Kier molecular flexibility index (Phi) is 6.56. The van der Waals surface area contributed by atoms with Crippen LogP contribution >= 0.6 is 84.3 Å². The fourth-order valence-electron chi connectivity index (χ4n) is 0.265. The minimum Gasteiger partial charge on any atom is -0.177 e. The van der Waals surface area contributed by atoms with Gasteiger partial charge in [-0.25, -0.2) is 0 Å². The lowest BCUT2D eigenvalue weighted by Crippen LogP contribution is -1.52. The van der Waals surface area contributed by atoms with Crippen LogP contribution in [0.25, 0.3) is 0 Å². The first kappa shape index (κ1) is 15.8. The standard InChI is InChI=1S/Cl6FN2P3S/c1-10(2,3)8-12(6,7)9-11(4,5)13. The largest absolute Gasteiger partial charge is 0.337 e. The molecule has 1 unspecified atom stereocenters. The van der Waals surface area contributed by atoms with Gasteiger partial charge in [-0.05, 0) is 79.3 Å². The zero-order valence-corrected chi connectivity index (χ0v) is 13.3. The molecule has 0 radical (unpaired) electrons. The fourth-order valence-corrected chi connectivity index (χ4v) is 11.4. The molecule has 0 saturated heterocycles. The van der Waals surface area contributed by atoms with Gasteiger partial charge in [-0.3, -0.25) is 0 Å². The van der Waals surface area contributed by atoms with Gasteiger partial charge in [0.1, 0.15) is 0 Å². The summed E-state index contributed by atoms with van der Waals surface area (Å²) in [5.74, 6) is 0. The average Bonchev–Trinajstić information content (AvgIpc) is 1.43. The average molecular weight is 385 g/mol. The van der Waals surface area contributed by atoms with Crippen molar-refractivity contribution in [2.45, 2.75) is 0 Å². The summed E-state index contributed by atoms with van der Waals surface area (Å²) in [5.41, 5.74) is 0. The molecule has 0 heterocycles. The second-order valence-electron chi connectivity index (χ2n) is 1.49. The summed E-state index contributed by atoms with van der Waals surface area (Å²) in [7, 11) is 0. The van der Waals surface area contributed by atoms with Crippen LogP contribution in [0, 0.1) is 0 Å². The number of rotatable bonds is 2. The highest BCUT2D eigenvalue weighted by molar-refractivity contribution is 8.39. The molecule has 80 valence electrons. The molecule has 0 aromatic heterocycles. The van der Waals surface area contributed by atoms with E-state index in [-0.39, 0.29) is 0 Å². The third-order valence-electron chi connectivity index (χ3n) is 0.421. The molecule has 0 saturated carbocycles. The van der Waals surface area contributed by atoms with Crippen molar-refractivity contribution < 1.29 is 4.20 Å². The van der Waals surface area contributed by atoms with Gasteiger partial charge in [0.25, 0.3) is 0 Å². The van der Waals surface area contributed by atoms with Crippen molar-refractivity contribution in [3.63, 3.8) is 0 Å². The van der Waals surface area contributed by atoms with Crippen LogP contribution in [0.15, 0.2) is 9.03 Å². The van der Waals surface area contributed by atoms with Gasteiger partial charge >= 0.3 is 6.87 Å². The monoisotopic (exact) mass is 382 g/mol. The van der Waals surface area contributed by atoms with E-state index in [4.69, 9.17) is 67.4 Å². The number of hydrogen-bond acceptors (Lipinski definition) is 1. The smallest absolute Gasteiger partial charge is 0.177 e. The Morgan fingerprint density at radius 1 is 0.923 bits per heavy atom. The van der Waals surface area contributed by atoms with Crippen molar-refractivity contribution in [2.75, 3.05) is 0 Å². The Bertz CT molecular complexity index is 324. The summed E-state index contributed by atoms with van der Waals surface area (Å²) in [4.78, 5) is -3.18. The highest BCUT2D eigenvalue weighted by Gasteiger charge is 2.22. The molecule has 0 aliphatic rings. The molecule has 2 nitrogen and oxygen atoms in total. The van der Waals surface area contributed by atoms with Gasteiger partial charge in [-0.2, -0.15) is 13.2 Å². The molecule has 0 aliphatic heterocycles. The van der Waals surface area contributed by atoms with E-state index in [1.807, 2.05) is 0 Å². The maximum absolute atomic E-state index is 13.2. The zero-order chi connectivity index (χ0) is 10.9. The first-order valence-electron chi connectivity index (χ1n) is 2.17. The molecular formula is Cl6FN2P3S. The molecule has 0 bridgehead atoms. The molecule has 0 N–H and O–H groups in total. The van der Waals surface area contributed by atoms with E-state index in [9.17, 15) is 4.20 Å². The highest BCUT2D eigenvalue weighted by Crippen LogP contribution is 2.79. The summed E-state index contributed by atoms with van der Waals surface area (Å²) < 4.78 is 19.4. The van der Waals surface area contributed by atoms with E-state index in [0.29, 0.717) is 0 Å². The van der Waals surface area contributed by atoms with Crippen molar-refractivity contribution >= 4 is 96.1 Å². The van der Waals surface area contributed by atoms with Crippen LogP contribution in [0.3, 0.4) is 0 Å². The predicted molar refractivity (Wildman–Crippen MR) is 69.2 cm³/mol. The molecular weight excluding hydrogens is 385 g/mol. The van der Waals surface area contributed by atoms with Gasteiger partial charge in [0.05, 0.1) is 0 Å². The van der Waals surface area contributed by atoms with Crippen molar-refractivity contribution in [3.05, 3.63) is 0 Å². The van der Waals surface area contributed by atoms with Crippen LogP contribution in [0.5, 0.6) is 0 Å². The molecule has 13 heteroatoms. The van der Waals surface area contributed by atoms with E-state index >= 15 is 0 Å². The molecule has 0 aromatic rings. The van der Waals surface area contributed by atoms with Crippen LogP contribution in [-0.4, -0.2) is 0 Å². The predicted octanol–water partition coefficient (Wildman–Crippen LogP) is 7.51. The van der Waals surface area contributed by atoms with Crippen molar-refractivity contribution in [2.24, 2.45) is 9.03 Å². The number of halogens is 7. The lowest BCUT2D eigenvalue weighted by molar-refractivity contribution is 0.898. The molecule has 13 heavy (non-hydrogen) atoms. The second-order valence-corrected chi connectivity index (χ2v) is 19.0. The van der Waals surface area contributed by atoms with E-state index in [2.05, 4.69) is 20.8 Å². The van der Waals surface area contributed by atoms with Crippen molar-refractivity contribution in [1.29, 1.82) is 0 Å². The minimum atomic E-state index is -4.13. The van der Waals surface area contributed by atoms with Crippen LogP contribution in [-0.2, 0) is 11.8 Å². The molecule has 0 amide bonds. The van der Waals surface area contributed by atoms with Crippen LogP contribution in [0.2, 0.25) is 0 Å². The number of nitrogens with zero attached hydrogens (tertiary/aromatic N) is 2. The Hall–Kier alpha value is 2.78. The highest BCUT2D eigenvalue weighted by atomic mass is 36.0. The van der Waals surface area contributed by atoms with Crippen LogP contribution < -0.4 is 0 Å². The third kappa shape index (κ3) is 11.1. The van der Waals surface area contributed by atoms with Gasteiger partial charge in [0.15, 0.2) is 0 Å². The Balaban J connectivity index is 5.25. The van der Waals surface area contributed by atoms with E-state index in [1.165, 1.54) is 0 Å². The minimum absolute atomic E-state index is 3.07. The molecule has 0 rings (SSSR count). The molecule has 1 atom stereocenters. The van der Waals surface area contributed by atoms with Gasteiger partial charge < -0.3 is 0 Å². The van der Waals surface area contributed by atoms with Crippen LogP contribution in [0.4, 0.5) is 4.20 Å². The van der Waals surface area contributed by atoms with Crippen molar-refractivity contribution in [3.8, 4) is 0 Å². The maximum atomic E-state index is 13.2. The molecule has 0 spiro atoms. The van der Waals surface area contributed by atoms with E-state index in [1.54, 1.807) is 0 Å². The Labute approximate surface area is 108 Å². The Morgan fingerprint density at radius 2 is 1.31 bits per heavy atom. The fraction of sp³-hybridized carbons (Fsp3) is 0. The first-order chi connectivity index (χ1) is 5.41. The molecule has 0 aliphatic carbocycles. The first-order valence-corrected chi connectivity index (χ1v) is 13.7. The van der Waals surface area contributed by atoms with Gasteiger partial charge in [0, 0.05) is 0 Å². The summed E-state index contributed by atoms with van der Waals surface area (Å²) in [6, 6.07) is 0. The number of hydrogen-bond donors (Lipinski definition) is 0. The summed E-state index contributed by atoms with van der Waals surface area (Å²) >= 11 is 36.0. The topological polar surface area (TPSA) is 24.7 Å². The normalized spacial score (nSPS) is 17.8. The zero-order valence-electron chi connectivity index (χ0n) is 5.29. The SMILES string of the molecule is FP(Cl)(N=P(Cl)(Cl)Cl)=NP(=S)(Cl)Cl. The summed E-state index contributed by atoms with van der Waals surface area (Å²) in [6.45, 7) is -4.13. The van der Waals surface area contributed by atoms with Gasteiger partial charge in [0.2, 0.25) is 10.0 Å². The van der Waals surface area contributed by atoms with Gasteiger partial charge in [-0.15, -0.1) is 0 Å². The summed E-state index contributed by atoms with van der Waals surface area (Å²) in [5, 5.41) is -3.28. The maximum Gasteiger partial charge on any atom is 0.337 e. The van der Waals surface area contributed by atoms with Gasteiger partial charge in [-0.1, -0.05) is 0 Å². The lowest BCUT2D eigenvalue weighted by atomic mass is 13.9. The molecule has 0 aromatic carbocycles. The van der Waals surface area contributed by atoms with E-state index < -0.39 is 16.9 Å². The third-order valence-corrected chi connectivity index (χ3v) is 8.70. The second kappa shape index (κ2) is 5.41. The molecule has 0 fully saturated rings.